The molecule has 15 rings (SSSR count). The number of nitrogens with one attached hydrogen (secondary N) is 7. The molecule has 28 nitrogen and oxygen atoms in total. The second-order valence-electron chi connectivity index (χ2n) is 36.1. The van der Waals surface area contributed by atoms with Gasteiger partial charge in [0.15, 0.2) is 17.1 Å². The Bertz CT molecular complexity index is 6710. The first kappa shape index (κ1) is 94.8. The summed E-state index contributed by atoms with van der Waals surface area (Å²) < 4.78 is 25.3. The molecule has 0 radical (unpaired) electrons. The minimum atomic E-state index is -0.687. The third-order valence-electron chi connectivity index (χ3n) is 20.0. The molecule has 0 aliphatic heterocycles. The number of aryl methyl sites for hydroxylation is 3. The number of aromatic nitrogens is 6. The van der Waals surface area contributed by atoms with Crippen LogP contribution in [0.3, 0.4) is 0 Å². The fourth-order valence-corrected chi connectivity index (χ4v) is 16.2. The van der Waals surface area contributed by atoms with Gasteiger partial charge in [-0.15, -0.1) is 34.0 Å². The largest absolute Gasteiger partial charge is 0.444 e. The quantitative estimate of drug-likeness (QED) is 0.0268. The van der Waals surface area contributed by atoms with Gasteiger partial charge in [0.05, 0.1) is 49.3 Å². The number of fused-ring (bicyclic) bond motifs is 6. The molecule has 0 aliphatic carbocycles. The maximum atomic E-state index is 13.6. The summed E-state index contributed by atoms with van der Waals surface area (Å²) in [5.41, 5.74) is 21.5. The number of hydrogen-bond acceptors (Lipinski definition) is 24. The number of thiophene rings is 3. The van der Waals surface area contributed by atoms with Crippen molar-refractivity contribution in [2.24, 2.45) is 5.73 Å². The number of hydrogen-bond donors (Lipinski definition) is 9. The molecule has 11 N–H and O–H groups in total. The minimum Gasteiger partial charge on any atom is -0.444 e. The lowest BCUT2D eigenvalue weighted by Gasteiger charge is -2.23. The molecular formula is C97H104ClN15O13S3. The van der Waals surface area contributed by atoms with Crippen LogP contribution in [-0.4, -0.2) is 108 Å². The number of amides is 7. The zero-order valence-corrected chi connectivity index (χ0v) is 78.1. The van der Waals surface area contributed by atoms with Crippen molar-refractivity contribution < 1.29 is 61.4 Å². The number of halogens is 1. The number of ether oxygens (including phenoxy) is 2. The van der Waals surface area contributed by atoms with E-state index in [2.05, 4.69) is 174 Å². The second-order valence-corrected chi connectivity index (χ2v) is 39.5. The van der Waals surface area contributed by atoms with Gasteiger partial charge in [-0.05, 0) is 233 Å². The van der Waals surface area contributed by atoms with E-state index in [4.69, 9.17) is 56.5 Å². The zero-order chi connectivity index (χ0) is 93.4. The molecule has 129 heavy (non-hydrogen) atoms. The topological polar surface area (TPSA) is 408 Å². The molecule has 6 aromatic carbocycles. The SMILES string of the molecule is CC(C)(C)OC(=O)NC[C@@H](NC(=O)c1cc2cc3cc(C(C)(C)C)ccc3nc2s1)c1cccc(N)c1.Cc1cc(C(=O)Cl)no1.Cc1cc(C(=O)Nc2cccc([C@@H](CN)NC(=O)c3cc4cc5cc(C(C)(C)C)ccc5nc4s3)c2)no1.Cc1cc(C(=O)Nc2cccc([C@@H](CNC(=O)OC(C)(C)C)NC(=O)c3cc4cc5cc(C(C)(C)C)ccc5nc4s3)c2)no1. The van der Waals surface area contributed by atoms with Crippen molar-refractivity contribution in [3.8, 4) is 0 Å². The Morgan fingerprint density at radius 3 is 1.02 bits per heavy atom. The zero-order valence-electron chi connectivity index (χ0n) is 74.9. The van der Waals surface area contributed by atoms with E-state index in [-0.39, 0.29) is 76.6 Å². The third kappa shape index (κ3) is 25.6. The summed E-state index contributed by atoms with van der Waals surface area (Å²) in [4.78, 5) is 119. The normalized spacial score (nSPS) is 12.5. The van der Waals surface area contributed by atoms with Gasteiger partial charge in [-0.3, -0.25) is 28.8 Å². The number of carbonyl (C=O) groups is 8. The standard InChI is InChI=1S/C34H37N5O5S.C29H29N5O3S.C29H34N4O3S.C5H4ClNO2/c1-19-13-26(39-44-19)29(40)36-24-10-8-9-20(16-24)27(18-35-32(42)43-34(5,6)7)37-30(41)28-17-22-14-21-15-23(33(2,3)4)11-12-25(21)38-31(22)45-28;1-16-10-23(34-37-16)26(35)31-21-7-5-6-17(13-21)24(15-30)32-27(36)25-14-19-11-18-12-20(29(2,3)4)8-9-22(18)33-28(19)38-25;1-28(2,3)20-10-11-22-18(13-20)12-19-15-24(37-26(19)33-22)25(34)32-23(17-8-7-9-21(30)14-17)16-31-27(35)36-29(4,5)6;1-3-2-4(5(6)8)7-9-3/h8-17,27H,18H2,1-7H3,(H,35,42)(H,36,40)(H,37,41);5-14,24H,15,30H2,1-4H3,(H,31,35)(H,32,36);7-15,23H,16,30H2,1-6H3,(H,31,35)(H,32,34);2H,1H3/t27-;24-;23-;/m111./s1. The molecule has 3 atom stereocenters. The van der Waals surface area contributed by atoms with E-state index in [0.717, 1.165) is 74.5 Å². The molecule has 32 heteroatoms. The molecule has 9 aromatic heterocycles. The monoisotopic (exact) mass is 1820 g/mol. The Labute approximate surface area is 762 Å². The van der Waals surface area contributed by atoms with Crippen LogP contribution < -0.4 is 48.7 Å². The molecule has 0 bridgehead atoms. The molecule has 15 aromatic rings. The first-order valence-electron chi connectivity index (χ1n) is 41.5. The van der Waals surface area contributed by atoms with Crippen molar-refractivity contribution in [2.75, 3.05) is 36.0 Å². The molecule has 670 valence electrons. The molecule has 0 saturated heterocycles. The van der Waals surface area contributed by atoms with Crippen LogP contribution in [0, 0.1) is 20.8 Å². The average Bonchev–Trinajstić information content (AvgIpc) is 1.57. The van der Waals surface area contributed by atoms with Crippen LogP contribution in [0.25, 0.3) is 63.4 Å². The molecular weight excluding hydrogens is 1710 g/mol. The number of nitrogen functional groups attached to an aromatic ring is 1. The Morgan fingerprint density at radius 1 is 0.388 bits per heavy atom. The van der Waals surface area contributed by atoms with Crippen molar-refractivity contribution in [1.29, 1.82) is 0 Å². The predicted molar refractivity (Wildman–Crippen MR) is 509 cm³/mol. The molecule has 0 fully saturated rings. The molecule has 9 heterocycles. The summed E-state index contributed by atoms with van der Waals surface area (Å²) in [6.45, 7) is 35.8. The summed E-state index contributed by atoms with van der Waals surface area (Å²) >= 11 is 9.05. The minimum absolute atomic E-state index is 0.000477. The first-order chi connectivity index (χ1) is 60.7. The van der Waals surface area contributed by atoms with Crippen LogP contribution in [-0.2, 0) is 25.7 Å². The van der Waals surface area contributed by atoms with E-state index in [1.165, 1.54) is 56.8 Å². The van der Waals surface area contributed by atoms with Gasteiger partial charge in [-0.2, -0.15) is 0 Å². The van der Waals surface area contributed by atoms with Crippen molar-refractivity contribution >= 4 is 173 Å². The van der Waals surface area contributed by atoms with Gasteiger partial charge >= 0.3 is 12.2 Å². The van der Waals surface area contributed by atoms with E-state index in [1.807, 2.05) is 60.7 Å². The van der Waals surface area contributed by atoms with Crippen molar-refractivity contribution in [2.45, 2.75) is 170 Å². The van der Waals surface area contributed by atoms with Crippen molar-refractivity contribution in [1.82, 2.24) is 57.0 Å². The number of nitrogens with two attached hydrogens (primary N) is 2. The summed E-state index contributed by atoms with van der Waals surface area (Å²) in [6.07, 6.45) is -1.16. The van der Waals surface area contributed by atoms with E-state index in [1.54, 1.807) is 123 Å². The van der Waals surface area contributed by atoms with Crippen molar-refractivity contribution in [3.63, 3.8) is 0 Å². The van der Waals surface area contributed by atoms with E-state index in [0.29, 0.717) is 54.5 Å². The Kier molecular flexibility index (Phi) is 29.0. The smallest absolute Gasteiger partial charge is 0.407 e. The highest BCUT2D eigenvalue weighted by Gasteiger charge is 2.28. The molecule has 0 saturated carbocycles. The third-order valence-corrected chi connectivity index (χ3v) is 23.3. The lowest BCUT2D eigenvalue weighted by atomic mass is 9.86. The number of nitrogens with zero attached hydrogens (tertiary/aromatic N) is 6. The number of rotatable bonds is 19. The van der Waals surface area contributed by atoms with Crippen LogP contribution in [0.1, 0.15) is 233 Å². The maximum absolute atomic E-state index is 13.6. The van der Waals surface area contributed by atoms with Crippen LogP contribution in [0.15, 0.2) is 196 Å². The van der Waals surface area contributed by atoms with Gasteiger partial charge in [0.25, 0.3) is 34.8 Å². The number of benzene rings is 6. The number of carbonyl (C=O) groups excluding carboxylic acids is 8. The summed E-state index contributed by atoms with van der Waals surface area (Å²) in [5.74, 6) is 0.0395. The van der Waals surface area contributed by atoms with Gasteiger partial charge in [0.1, 0.15) is 43.0 Å². The Balaban J connectivity index is 0.000000167. The van der Waals surface area contributed by atoms with Gasteiger partial charge < -0.3 is 71.7 Å². The second kappa shape index (κ2) is 39.5. The highest BCUT2D eigenvalue weighted by molar-refractivity contribution is 7.21. The van der Waals surface area contributed by atoms with Crippen LogP contribution in [0.5, 0.6) is 0 Å². The van der Waals surface area contributed by atoms with Gasteiger partial charge in [-0.1, -0.05) is 132 Å². The molecule has 7 amide bonds. The number of alkyl carbamates (subject to hydrolysis) is 2. The number of pyridine rings is 3. The van der Waals surface area contributed by atoms with E-state index < -0.39 is 52.7 Å². The number of anilines is 3. The lowest BCUT2D eigenvalue weighted by molar-refractivity contribution is 0.0510. The summed E-state index contributed by atoms with van der Waals surface area (Å²) in [7, 11) is 0. The van der Waals surface area contributed by atoms with Crippen molar-refractivity contribution in [3.05, 3.63) is 264 Å². The van der Waals surface area contributed by atoms with Gasteiger partial charge in [-0.25, -0.2) is 24.5 Å². The predicted octanol–water partition coefficient (Wildman–Crippen LogP) is 20.7. The fourth-order valence-electron chi connectivity index (χ4n) is 13.3. The molecule has 0 aliphatic rings. The Hall–Kier alpha value is -13.3. The lowest BCUT2D eigenvalue weighted by Crippen LogP contribution is -2.40. The summed E-state index contributed by atoms with van der Waals surface area (Å²) in [5, 5.41) is 36.3. The van der Waals surface area contributed by atoms with Crippen LogP contribution in [0.2, 0.25) is 0 Å². The van der Waals surface area contributed by atoms with Crippen LogP contribution >= 0.6 is 45.6 Å². The molecule has 0 spiro atoms. The fraction of sp³-hybridized carbons (Fsp3) is 0.299. The highest BCUT2D eigenvalue weighted by Crippen LogP contribution is 2.37. The highest BCUT2D eigenvalue weighted by atomic mass is 35.5. The van der Waals surface area contributed by atoms with E-state index >= 15 is 0 Å². The molecule has 0 unspecified atom stereocenters. The first-order valence-corrected chi connectivity index (χ1v) is 44.3. The van der Waals surface area contributed by atoms with Gasteiger partial charge in [0.2, 0.25) is 0 Å². The van der Waals surface area contributed by atoms with Crippen LogP contribution in [0.4, 0.5) is 26.7 Å². The maximum Gasteiger partial charge on any atom is 0.407 e. The Morgan fingerprint density at radius 2 is 0.713 bits per heavy atom. The summed E-state index contributed by atoms with van der Waals surface area (Å²) in [6, 6.07) is 55.1. The van der Waals surface area contributed by atoms with E-state index in [9.17, 15) is 38.4 Å². The average molecular weight is 1820 g/mol. The van der Waals surface area contributed by atoms with Gasteiger partial charge in [0, 0.05) is 87.2 Å².